The molecule has 0 bridgehead atoms. The van der Waals surface area contributed by atoms with E-state index in [0.29, 0.717) is 113 Å². The number of allylic oxidation sites excluding steroid dienone is 3. The molecule has 20 nitrogen and oxygen atoms in total. The van der Waals surface area contributed by atoms with Crippen molar-refractivity contribution in [1.82, 2.24) is 9.64 Å². The maximum Gasteiger partial charge on any atom is 1.00 e. The minimum absolute atomic E-state index is 0. The van der Waals surface area contributed by atoms with Gasteiger partial charge in [0.2, 0.25) is 5.36 Å². The quantitative estimate of drug-likeness (QED) is 0.0298. The zero-order chi connectivity index (χ0) is 52.5. The first-order valence-corrected chi connectivity index (χ1v) is 26.9. The molecule has 1 unspecified atom stereocenters. The van der Waals surface area contributed by atoms with Gasteiger partial charge >= 0.3 is 35.5 Å². The predicted molar refractivity (Wildman–Crippen MR) is 262 cm³/mol. The number of anilines is 1. The Morgan fingerprint density at radius 2 is 1.40 bits per heavy atom. The maximum atomic E-state index is 12.9. The summed E-state index contributed by atoms with van der Waals surface area (Å²) in [6.45, 7) is 13.5. The van der Waals surface area contributed by atoms with Gasteiger partial charge in [-0.1, -0.05) is 32.9 Å². The van der Waals surface area contributed by atoms with Crippen molar-refractivity contribution in [2.24, 2.45) is 0 Å². The Morgan fingerprint density at radius 3 is 1.96 bits per heavy atom. The zero-order valence-electron chi connectivity index (χ0n) is 43.0. The molecule has 0 saturated carbocycles. The molecular formula is C50H68N3NaO17S2. The van der Waals surface area contributed by atoms with Gasteiger partial charge in [-0.15, -0.1) is 5.06 Å². The van der Waals surface area contributed by atoms with Gasteiger partial charge in [-0.3, -0.25) is 9.59 Å². The molecule has 398 valence electrons. The Hall–Kier alpha value is -3.88. The van der Waals surface area contributed by atoms with Crippen LogP contribution in [0, 0.1) is 0 Å². The van der Waals surface area contributed by atoms with Gasteiger partial charge in [0.25, 0.3) is 11.8 Å². The first kappa shape index (κ1) is 61.7. The third-order valence-electron chi connectivity index (χ3n) is 12.1. The normalized spacial score (nSPS) is 16.8. The molecule has 4 aliphatic rings. The van der Waals surface area contributed by atoms with Crippen LogP contribution in [-0.4, -0.2) is 154 Å². The maximum absolute atomic E-state index is 12.9. The van der Waals surface area contributed by atoms with Gasteiger partial charge in [-0.25, -0.2) is 26.2 Å². The van der Waals surface area contributed by atoms with E-state index in [4.69, 9.17) is 37.7 Å². The van der Waals surface area contributed by atoms with Crippen LogP contribution in [0.5, 0.6) is 0 Å². The third kappa shape index (κ3) is 18.4. The summed E-state index contributed by atoms with van der Waals surface area (Å²) < 4.78 is 114. The van der Waals surface area contributed by atoms with Crippen LogP contribution in [0.2, 0.25) is 0 Å². The SMILES string of the molecule is COCCOCCOCC[N+](CCOCCOCCOC)=c1ccc2c(/C=C/C=C3\N(CCCS(=O)(=O)[O-])c4ccc(S(=O)(=O)[O-])cc4C3(C)CCCC(=O)ON3C(=O)CCC3=O)cc(C(C)(C)C)oc-2c1.[Na+]. The molecule has 5 rings (SSSR count). The van der Waals surface area contributed by atoms with Crippen LogP contribution < -0.4 is 44.4 Å². The molecule has 1 aromatic carbocycles. The monoisotopic (exact) mass is 1070 g/mol. The van der Waals surface area contributed by atoms with Crippen molar-refractivity contribution in [2.75, 3.05) is 111 Å². The van der Waals surface area contributed by atoms with Crippen LogP contribution in [0.25, 0.3) is 17.4 Å². The van der Waals surface area contributed by atoms with Gasteiger partial charge in [0, 0.05) is 79.6 Å². The number of benzene rings is 2. The second kappa shape index (κ2) is 28.9. The van der Waals surface area contributed by atoms with Gasteiger partial charge in [0.15, 0.2) is 13.1 Å². The molecule has 1 saturated heterocycles. The Balaban J connectivity index is 0.0000116. The number of hydrogen-bond donors (Lipinski definition) is 0. The van der Waals surface area contributed by atoms with Crippen LogP contribution >= 0.6 is 0 Å². The molecule has 0 radical (unpaired) electrons. The van der Waals surface area contributed by atoms with Crippen molar-refractivity contribution in [3.05, 3.63) is 82.6 Å². The molecule has 23 heteroatoms. The molecule has 1 atom stereocenters. The van der Waals surface area contributed by atoms with Crippen LogP contribution in [0.1, 0.15) is 83.1 Å². The fourth-order valence-electron chi connectivity index (χ4n) is 8.28. The van der Waals surface area contributed by atoms with E-state index in [2.05, 4.69) is 4.58 Å². The summed E-state index contributed by atoms with van der Waals surface area (Å²) in [5.41, 5.74) is 1.48. The number of carbonyl (C=O) groups is 3. The molecule has 1 aromatic rings. The van der Waals surface area contributed by atoms with Crippen molar-refractivity contribution >= 4 is 49.8 Å². The second-order valence-corrected chi connectivity index (χ2v) is 21.4. The van der Waals surface area contributed by atoms with Crippen LogP contribution in [-0.2, 0) is 78.7 Å². The summed E-state index contributed by atoms with van der Waals surface area (Å²) >= 11 is 0. The molecule has 2 amide bonds. The van der Waals surface area contributed by atoms with Crippen molar-refractivity contribution in [1.29, 1.82) is 0 Å². The average Bonchev–Trinajstić information content (AvgIpc) is 3.75. The second-order valence-electron chi connectivity index (χ2n) is 18.5. The summed E-state index contributed by atoms with van der Waals surface area (Å²) in [7, 11) is -6.30. The Morgan fingerprint density at radius 1 is 0.808 bits per heavy atom. The first-order valence-electron chi connectivity index (χ1n) is 23.9. The molecule has 3 heterocycles. The van der Waals surface area contributed by atoms with E-state index in [1.807, 2.05) is 51.1 Å². The number of rotatable bonds is 30. The largest absolute Gasteiger partial charge is 1.00 e. The minimum atomic E-state index is -4.93. The molecule has 3 aliphatic heterocycles. The number of carbonyl (C=O) groups excluding carboxylic acids is 3. The standard InChI is InChI=1S/C50H69N3O17S2.Na/c1-49(2,3)45-34-37(40-15-13-38(35-43(40)69-45)51(21-23-65-29-31-67-27-25-63-5)22-24-66-30-32-68-28-26-64-6)10-7-11-44-50(4,19-8-12-48(56)70-53-46(54)17-18-47(53)55)41-36-39(72(60,61)62)14-16-42(41)52(44)20-9-33-71(57,58)59;/h7,10-11,13-16,34-36H,8-9,12,17-33H2,1-6H3,(H-,57,58,59,60,61,62);/q;+1/p-1. The van der Waals surface area contributed by atoms with Crippen molar-refractivity contribution in [3.8, 4) is 11.3 Å². The van der Waals surface area contributed by atoms with Gasteiger partial charge in [-0.05, 0) is 73.7 Å². The average molecular weight is 1070 g/mol. The van der Waals surface area contributed by atoms with Crippen molar-refractivity contribution in [2.45, 2.75) is 81.9 Å². The molecule has 73 heavy (non-hydrogen) atoms. The summed E-state index contributed by atoms with van der Waals surface area (Å²) in [5.74, 6) is -1.47. The number of methoxy groups -OCH3 is 2. The summed E-state index contributed by atoms with van der Waals surface area (Å²) in [4.78, 5) is 43.6. The number of hydrogen-bond acceptors (Lipinski definition) is 18. The summed E-state index contributed by atoms with van der Waals surface area (Å²) in [6, 6.07) is 11.8. The Kier molecular flexibility index (Phi) is 24.4. The number of imide groups is 1. The molecule has 0 N–H and O–H groups in total. The number of amides is 2. The van der Waals surface area contributed by atoms with E-state index in [1.54, 1.807) is 38.2 Å². The molecular weight excluding hydrogens is 1000 g/mol. The molecule has 0 spiro atoms. The van der Waals surface area contributed by atoms with E-state index in [-0.39, 0.29) is 74.6 Å². The van der Waals surface area contributed by atoms with Crippen molar-refractivity contribution < 1.29 is 108 Å². The molecule has 1 fully saturated rings. The molecule has 0 aromatic heterocycles. The number of ether oxygens (including phenoxy) is 6. The Bertz CT molecular complexity index is 2630. The van der Waals surface area contributed by atoms with Crippen LogP contribution in [0.4, 0.5) is 5.69 Å². The minimum Gasteiger partial charge on any atom is -0.748 e. The van der Waals surface area contributed by atoms with E-state index in [9.17, 15) is 40.3 Å². The number of hydroxylamine groups is 2. The molecule has 1 aliphatic carbocycles. The summed E-state index contributed by atoms with van der Waals surface area (Å²) in [5, 5.41) is 1.33. The fraction of sp³-hybridized carbons (Fsp3) is 0.560. The van der Waals surface area contributed by atoms with E-state index >= 15 is 0 Å². The van der Waals surface area contributed by atoms with Gasteiger partial charge in [-0.2, -0.15) is 0 Å². The summed E-state index contributed by atoms with van der Waals surface area (Å²) in [6.07, 6.45) is 5.30. The third-order valence-corrected chi connectivity index (χ3v) is 13.7. The van der Waals surface area contributed by atoms with Crippen LogP contribution in [0.3, 0.4) is 0 Å². The predicted octanol–water partition coefficient (Wildman–Crippen LogP) is 1.11. The number of fused-ring (bicyclic) bond motifs is 2. The first-order chi connectivity index (χ1) is 34.2. The van der Waals surface area contributed by atoms with E-state index in [1.165, 1.54) is 18.2 Å². The smallest absolute Gasteiger partial charge is 0.748 e. The van der Waals surface area contributed by atoms with E-state index < -0.39 is 59.5 Å². The Labute approximate surface area is 450 Å². The van der Waals surface area contributed by atoms with Gasteiger partial charge < -0.3 is 51.7 Å². The van der Waals surface area contributed by atoms with Gasteiger partial charge in [0.1, 0.15) is 34.9 Å². The topological polar surface area (TPSA) is 253 Å². The van der Waals surface area contributed by atoms with Crippen molar-refractivity contribution in [3.63, 3.8) is 0 Å². The number of nitrogens with zero attached hydrogens (tertiary/aromatic N) is 3. The fourth-order valence-corrected chi connectivity index (χ4v) is 9.26. The zero-order valence-corrected chi connectivity index (χ0v) is 46.6. The van der Waals surface area contributed by atoms with Crippen LogP contribution in [0.15, 0.2) is 69.6 Å². The van der Waals surface area contributed by atoms with E-state index in [0.717, 1.165) is 16.5 Å². The van der Waals surface area contributed by atoms with Gasteiger partial charge in [0.05, 0.1) is 73.9 Å².